The topological polar surface area (TPSA) is 84.4 Å². The van der Waals surface area contributed by atoms with Gasteiger partial charge in [-0.3, -0.25) is 9.59 Å². The monoisotopic (exact) mass is 456 g/mol. The minimum Gasteiger partial charge on any atom is -0.484 e. The van der Waals surface area contributed by atoms with Crippen LogP contribution in [0.2, 0.25) is 5.02 Å². The first-order valence-corrected chi connectivity index (χ1v) is 11.1. The van der Waals surface area contributed by atoms with Crippen molar-refractivity contribution in [3.63, 3.8) is 0 Å². The maximum atomic E-state index is 12.8. The molecule has 2 heterocycles. The average Bonchev–Trinajstić information content (AvgIpc) is 3.41. The number of aromatic nitrogens is 2. The molecule has 2 aromatic carbocycles. The highest BCUT2D eigenvalue weighted by Crippen LogP contribution is 2.34. The van der Waals surface area contributed by atoms with Crippen molar-refractivity contribution in [3.8, 4) is 5.75 Å². The van der Waals surface area contributed by atoms with Crippen LogP contribution < -0.4 is 10.1 Å². The highest BCUT2D eigenvalue weighted by atomic mass is 35.5. The summed E-state index contributed by atoms with van der Waals surface area (Å²) in [6.45, 7) is 2.56. The maximum Gasteiger partial charge on any atom is 0.286 e. The summed E-state index contributed by atoms with van der Waals surface area (Å²) in [7, 11) is 0. The van der Waals surface area contributed by atoms with Crippen LogP contribution in [0.3, 0.4) is 0 Å². The van der Waals surface area contributed by atoms with Crippen LogP contribution in [0.4, 0.5) is 5.69 Å². The summed E-state index contributed by atoms with van der Waals surface area (Å²) in [5.74, 6) is 0.203. The summed E-state index contributed by atoms with van der Waals surface area (Å²) in [6.07, 6.45) is 1.64. The first-order valence-electron chi connectivity index (χ1n) is 9.89. The van der Waals surface area contributed by atoms with Crippen LogP contribution in [0.5, 0.6) is 5.75 Å². The zero-order valence-corrected chi connectivity index (χ0v) is 18.4. The van der Waals surface area contributed by atoms with E-state index in [1.165, 1.54) is 11.3 Å². The van der Waals surface area contributed by atoms with E-state index in [1.807, 2.05) is 31.2 Å². The molecular weight excluding hydrogens is 436 g/mol. The number of anilines is 1. The molecule has 1 aliphatic rings. The van der Waals surface area contributed by atoms with Gasteiger partial charge in [0, 0.05) is 17.3 Å². The fourth-order valence-corrected chi connectivity index (χ4v) is 4.54. The molecule has 4 rings (SSSR count). The van der Waals surface area contributed by atoms with E-state index in [-0.39, 0.29) is 29.5 Å². The van der Waals surface area contributed by atoms with Gasteiger partial charge in [0.05, 0.1) is 6.04 Å². The molecular formula is C22H21ClN4O3S. The number of ether oxygens (including phenoxy) is 1. The van der Waals surface area contributed by atoms with E-state index in [1.54, 1.807) is 29.2 Å². The molecule has 0 bridgehead atoms. The van der Waals surface area contributed by atoms with Gasteiger partial charge in [0.1, 0.15) is 10.8 Å². The Balaban J connectivity index is 1.40. The summed E-state index contributed by atoms with van der Waals surface area (Å²) in [5, 5.41) is 12.4. The second-order valence-electron chi connectivity index (χ2n) is 7.26. The standard InChI is InChI=1S/C22H21ClN4O3S/c1-14-5-2-8-17(11-14)30-13-19(28)27-10-4-9-18(27)21-25-26-22(31-21)20(29)24-16-7-3-6-15(23)12-16/h2-3,5-8,11-12,18H,4,9-10,13H2,1H3,(H,24,29). The lowest BCUT2D eigenvalue weighted by Gasteiger charge is -2.22. The van der Waals surface area contributed by atoms with Crippen molar-refractivity contribution in [2.45, 2.75) is 25.8 Å². The first-order chi connectivity index (χ1) is 15.0. The number of nitrogens with zero attached hydrogens (tertiary/aromatic N) is 3. The van der Waals surface area contributed by atoms with Gasteiger partial charge in [-0.2, -0.15) is 0 Å². The molecule has 1 unspecified atom stereocenters. The first kappa shape index (κ1) is 21.3. The molecule has 1 fully saturated rings. The molecule has 31 heavy (non-hydrogen) atoms. The lowest BCUT2D eigenvalue weighted by Crippen LogP contribution is -2.34. The number of amides is 2. The van der Waals surface area contributed by atoms with Crippen molar-refractivity contribution in [2.75, 3.05) is 18.5 Å². The van der Waals surface area contributed by atoms with E-state index in [4.69, 9.17) is 16.3 Å². The molecule has 1 aromatic heterocycles. The molecule has 0 aliphatic carbocycles. The SMILES string of the molecule is Cc1cccc(OCC(=O)N2CCCC2c2nnc(C(=O)Nc3cccc(Cl)c3)s2)c1. The van der Waals surface area contributed by atoms with E-state index in [2.05, 4.69) is 15.5 Å². The maximum absolute atomic E-state index is 12.8. The molecule has 2 amide bonds. The third kappa shape index (κ3) is 5.21. The second kappa shape index (κ2) is 9.45. The van der Waals surface area contributed by atoms with Gasteiger partial charge in [-0.1, -0.05) is 41.1 Å². The third-order valence-corrected chi connectivity index (χ3v) is 6.19. The Bertz CT molecular complexity index is 1100. The largest absolute Gasteiger partial charge is 0.484 e. The fourth-order valence-electron chi connectivity index (χ4n) is 3.47. The number of benzene rings is 2. The lowest BCUT2D eigenvalue weighted by molar-refractivity contribution is -0.134. The third-order valence-electron chi connectivity index (χ3n) is 4.93. The molecule has 1 atom stereocenters. The Morgan fingerprint density at radius 3 is 2.87 bits per heavy atom. The zero-order chi connectivity index (χ0) is 21.8. The van der Waals surface area contributed by atoms with E-state index in [0.717, 1.165) is 18.4 Å². The van der Waals surface area contributed by atoms with Crippen molar-refractivity contribution < 1.29 is 14.3 Å². The van der Waals surface area contributed by atoms with Crippen LogP contribution in [0.1, 0.15) is 39.3 Å². The predicted molar refractivity (Wildman–Crippen MR) is 120 cm³/mol. The summed E-state index contributed by atoms with van der Waals surface area (Å²) in [6, 6.07) is 14.3. The van der Waals surface area contributed by atoms with E-state index >= 15 is 0 Å². The van der Waals surface area contributed by atoms with Crippen LogP contribution in [-0.2, 0) is 4.79 Å². The van der Waals surface area contributed by atoms with E-state index < -0.39 is 0 Å². The van der Waals surface area contributed by atoms with Crippen LogP contribution >= 0.6 is 22.9 Å². The second-order valence-corrected chi connectivity index (χ2v) is 8.71. The molecule has 3 aromatic rings. The summed E-state index contributed by atoms with van der Waals surface area (Å²) in [5.41, 5.74) is 1.65. The van der Waals surface area contributed by atoms with Gasteiger partial charge >= 0.3 is 0 Å². The van der Waals surface area contributed by atoms with Crippen molar-refractivity contribution >= 4 is 40.4 Å². The van der Waals surface area contributed by atoms with Crippen molar-refractivity contribution in [2.24, 2.45) is 0 Å². The number of halogens is 1. The van der Waals surface area contributed by atoms with Crippen molar-refractivity contribution in [3.05, 3.63) is 69.1 Å². The highest BCUT2D eigenvalue weighted by Gasteiger charge is 2.33. The summed E-state index contributed by atoms with van der Waals surface area (Å²) >= 11 is 7.16. The molecule has 0 radical (unpaired) electrons. The van der Waals surface area contributed by atoms with Crippen LogP contribution in [-0.4, -0.2) is 40.1 Å². The number of hydrogen-bond acceptors (Lipinski definition) is 6. The average molecular weight is 457 g/mol. The minimum atomic E-state index is -0.357. The Labute approximate surface area is 189 Å². The number of carbonyl (C=O) groups is 2. The lowest BCUT2D eigenvalue weighted by atomic mass is 10.2. The number of nitrogens with one attached hydrogen (secondary N) is 1. The Morgan fingerprint density at radius 1 is 1.23 bits per heavy atom. The van der Waals surface area contributed by atoms with Gasteiger partial charge in [-0.25, -0.2) is 0 Å². The molecule has 0 spiro atoms. The van der Waals surface area contributed by atoms with E-state index in [0.29, 0.717) is 28.0 Å². The molecule has 1 saturated heterocycles. The van der Waals surface area contributed by atoms with Crippen LogP contribution in [0.25, 0.3) is 0 Å². The van der Waals surface area contributed by atoms with Crippen molar-refractivity contribution in [1.29, 1.82) is 0 Å². The molecule has 9 heteroatoms. The van der Waals surface area contributed by atoms with Gasteiger partial charge in [0.25, 0.3) is 11.8 Å². The number of aryl methyl sites for hydroxylation is 1. The van der Waals surface area contributed by atoms with Gasteiger partial charge in [-0.05, 0) is 55.7 Å². The predicted octanol–water partition coefficient (Wildman–Crippen LogP) is 4.49. The fraction of sp³-hybridized carbons (Fsp3) is 0.273. The highest BCUT2D eigenvalue weighted by molar-refractivity contribution is 7.13. The van der Waals surface area contributed by atoms with Crippen molar-refractivity contribution in [1.82, 2.24) is 15.1 Å². The number of likely N-dealkylation sites (tertiary alicyclic amines) is 1. The quantitative estimate of drug-likeness (QED) is 0.590. The number of carbonyl (C=O) groups excluding carboxylic acids is 2. The normalized spacial score (nSPS) is 15.7. The van der Waals surface area contributed by atoms with E-state index in [9.17, 15) is 9.59 Å². The molecule has 1 N–H and O–H groups in total. The number of hydrogen-bond donors (Lipinski definition) is 1. The Hall–Kier alpha value is -2.97. The minimum absolute atomic E-state index is 0.0408. The van der Waals surface area contributed by atoms with Crippen LogP contribution in [0, 0.1) is 6.92 Å². The molecule has 0 saturated carbocycles. The Morgan fingerprint density at radius 2 is 2.06 bits per heavy atom. The van der Waals surface area contributed by atoms with Gasteiger partial charge < -0.3 is 15.0 Å². The Kier molecular flexibility index (Phi) is 6.48. The smallest absolute Gasteiger partial charge is 0.286 e. The van der Waals surface area contributed by atoms with Gasteiger partial charge in [0.15, 0.2) is 6.61 Å². The molecule has 160 valence electrons. The number of rotatable bonds is 6. The zero-order valence-electron chi connectivity index (χ0n) is 16.9. The van der Waals surface area contributed by atoms with Gasteiger partial charge in [-0.15, -0.1) is 10.2 Å². The van der Waals surface area contributed by atoms with Crippen LogP contribution in [0.15, 0.2) is 48.5 Å². The summed E-state index contributed by atoms with van der Waals surface area (Å²) < 4.78 is 5.67. The molecule has 7 nitrogen and oxygen atoms in total. The van der Waals surface area contributed by atoms with Gasteiger partial charge in [0.2, 0.25) is 5.01 Å². The molecule has 1 aliphatic heterocycles. The summed E-state index contributed by atoms with van der Waals surface area (Å²) in [4.78, 5) is 27.0.